The van der Waals surface area contributed by atoms with Crippen LogP contribution in [0.4, 0.5) is 0 Å². The predicted molar refractivity (Wildman–Crippen MR) is 245 cm³/mol. The highest BCUT2D eigenvalue weighted by Gasteiger charge is 2.55. The molecular formula is C51H79NO13. The molecule has 3 aliphatic heterocycles. The van der Waals surface area contributed by atoms with Gasteiger partial charge in [0.15, 0.2) is 5.78 Å². The quantitative estimate of drug-likeness (QED) is 0.156. The maximum atomic E-state index is 14.6. The number of nitrogens with zero attached hydrogens (tertiary/aromatic N) is 1. The van der Waals surface area contributed by atoms with E-state index in [-0.39, 0.29) is 61.2 Å². The standard InChI is InChI=1S/C51H79NO13/c1-30-16-12-11-13-17-31(2)42(61-8)28-38-21-19-32(3)48(57)51(60,65-38)50(59)52-23-15-14-18-39(52)49(58)64-43(34(5)26-37-20-22-40(53)44(27-37)62-9)29-41(54)33(4)25-36(7)46(56)47(63-10)45(55)35(6)24-30/h11-13,16-17,25,30,32-35,37-40,42-44,46-47,53,56,60H,14-15,18-24,26-29H2,1-10H3/b13-11+,16-12+,31-17?,36-25+/t30-,32-,33-,34-,35+,37+,38?,39?,40-,42+,43+,44-,46-,47+,51?/m1/s1. The van der Waals surface area contributed by atoms with Crippen LogP contribution in [0, 0.1) is 35.5 Å². The van der Waals surface area contributed by atoms with Crippen molar-refractivity contribution in [3.05, 3.63) is 47.6 Å². The van der Waals surface area contributed by atoms with Gasteiger partial charge in [0.1, 0.15) is 30.1 Å². The fourth-order valence-corrected chi connectivity index (χ4v) is 10.1. The SMILES string of the molecule is CO[C@H]1CC2CC[C@@H](C)C(=O)C(O)(O2)C(=O)N2CCCCC2C(=O)O[C@H]([C@H](C)C[C@@H]2CC[C@@H](O)[C@H](OC)C2)CC(=O)[C@H](C)/C=C(\C)[C@@H](O)[C@@H](OC)C(=O)[C@@H](C)C[C@H](C)/C=C/C=C/C=C1C. The second kappa shape index (κ2) is 25.1. The van der Waals surface area contributed by atoms with Crippen LogP contribution in [0.5, 0.6) is 0 Å². The van der Waals surface area contributed by atoms with Crippen molar-refractivity contribution in [2.75, 3.05) is 27.9 Å². The van der Waals surface area contributed by atoms with Gasteiger partial charge in [-0.1, -0.05) is 71.1 Å². The van der Waals surface area contributed by atoms with Crippen molar-refractivity contribution in [1.29, 1.82) is 0 Å². The summed E-state index contributed by atoms with van der Waals surface area (Å²) in [5, 5.41) is 34.1. The number of piperidine rings is 1. The molecule has 3 heterocycles. The lowest BCUT2D eigenvalue weighted by Crippen LogP contribution is -2.62. The molecule has 0 radical (unpaired) electrons. The molecule has 0 spiro atoms. The van der Waals surface area contributed by atoms with Crippen LogP contribution in [0.1, 0.15) is 126 Å². The number of fused-ring (bicyclic) bond motifs is 3. The summed E-state index contributed by atoms with van der Waals surface area (Å²) in [5.41, 5.74) is 1.24. The molecule has 1 amide bonds. The number of carbonyl (C=O) groups excluding carboxylic acids is 5. The topological polar surface area (TPSA) is 195 Å². The first-order valence-electron chi connectivity index (χ1n) is 23.9. The molecule has 2 bridgehead atoms. The molecule has 15 atom stereocenters. The Balaban J connectivity index is 1.74. The molecule has 2 saturated heterocycles. The summed E-state index contributed by atoms with van der Waals surface area (Å²) in [5.74, 6) is -8.01. The molecule has 3 N–H and O–H groups in total. The van der Waals surface area contributed by atoms with Crippen molar-refractivity contribution in [3.8, 4) is 0 Å². The second-order valence-corrected chi connectivity index (χ2v) is 19.6. The summed E-state index contributed by atoms with van der Waals surface area (Å²) < 4.78 is 29.5. The number of aliphatic hydroxyl groups excluding tert-OH is 2. The van der Waals surface area contributed by atoms with Crippen molar-refractivity contribution in [2.24, 2.45) is 35.5 Å². The molecule has 0 aromatic heterocycles. The van der Waals surface area contributed by atoms with Crippen molar-refractivity contribution in [3.63, 3.8) is 0 Å². The number of methoxy groups -OCH3 is 3. The molecule has 366 valence electrons. The van der Waals surface area contributed by atoms with Crippen molar-refractivity contribution in [2.45, 2.75) is 180 Å². The van der Waals surface area contributed by atoms with Crippen molar-refractivity contribution < 1.29 is 63.0 Å². The Bertz CT molecular complexity index is 1760. The highest BCUT2D eigenvalue weighted by atomic mass is 16.6. The molecule has 4 aliphatic rings. The highest BCUT2D eigenvalue weighted by molar-refractivity contribution is 6.09. The Morgan fingerprint density at radius 1 is 0.831 bits per heavy atom. The third-order valence-electron chi connectivity index (χ3n) is 14.4. The number of esters is 1. The van der Waals surface area contributed by atoms with Crippen LogP contribution in [0.2, 0.25) is 0 Å². The normalized spacial score (nSPS) is 39.6. The average molecular weight is 914 g/mol. The molecule has 14 nitrogen and oxygen atoms in total. The first-order chi connectivity index (χ1) is 30.7. The maximum Gasteiger partial charge on any atom is 0.329 e. The van der Waals surface area contributed by atoms with Crippen LogP contribution in [-0.4, -0.2) is 132 Å². The van der Waals surface area contributed by atoms with Gasteiger partial charge < -0.3 is 43.9 Å². The van der Waals surface area contributed by atoms with Crippen LogP contribution in [-0.2, 0) is 47.7 Å². The number of cyclic esters (lactones) is 1. The van der Waals surface area contributed by atoms with Gasteiger partial charge in [-0.2, -0.15) is 0 Å². The Hall–Kier alpha value is -3.37. The van der Waals surface area contributed by atoms with E-state index in [9.17, 15) is 39.3 Å². The minimum Gasteiger partial charge on any atom is -0.460 e. The number of ether oxygens (including phenoxy) is 5. The monoisotopic (exact) mass is 914 g/mol. The number of rotatable bonds is 6. The van der Waals surface area contributed by atoms with E-state index in [0.29, 0.717) is 56.9 Å². The molecule has 1 saturated carbocycles. The lowest BCUT2D eigenvalue weighted by molar-refractivity contribution is -0.231. The fourth-order valence-electron chi connectivity index (χ4n) is 10.1. The largest absolute Gasteiger partial charge is 0.460 e. The molecule has 0 aromatic rings. The minimum absolute atomic E-state index is 0.0147. The van der Waals surface area contributed by atoms with Gasteiger partial charge in [-0.3, -0.25) is 19.2 Å². The lowest BCUT2D eigenvalue weighted by Gasteiger charge is -2.40. The zero-order valence-corrected chi connectivity index (χ0v) is 40.6. The first-order valence-corrected chi connectivity index (χ1v) is 23.9. The van der Waals surface area contributed by atoms with Gasteiger partial charge in [0.25, 0.3) is 5.91 Å². The van der Waals surface area contributed by atoms with Crippen molar-refractivity contribution >= 4 is 29.2 Å². The predicted octanol–water partition coefficient (Wildman–Crippen LogP) is 6.18. The molecule has 1 aliphatic carbocycles. The van der Waals surface area contributed by atoms with Gasteiger partial charge in [-0.05, 0) is 107 Å². The zero-order valence-electron chi connectivity index (χ0n) is 40.6. The zero-order chi connectivity index (χ0) is 48.2. The van der Waals surface area contributed by atoms with Crippen LogP contribution < -0.4 is 0 Å². The number of allylic oxidation sites excluding steroid dienone is 6. The van der Waals surface area contributed by atoms with Crippen LogP contribution in [0.3, 0.4) is 0 Å². The summed E-state index contributed by atoms with van der Waals surface area (Å²) >= 11 is 0. The molecule has 0 aromatic carbocycles. The third-order valence-corrected chi connectivity index (χ3v) is 14.4. The number of ketones is 3. The minimum atomic E-state index is -2.85. The van der Waals surface area contributed by atoms with E-state index in [0.717, 1.165) is 12.0 Å². The number of Topliss-reactive ketones (excluding diaryl/α,β-unsaturated/α-hetero) is 3. The molecular weight excluding hydrogens is 835 g/mol. The van der Waals surface area contributed by atoms with Gasteiger partial charge >= 0.3 is 11.8 Å². The number of carbonyl (C=O) groups is 5. The number of hydrogen-bond donors (Lipinski definition) is 3. The summed E-state index contributed by atoms with van der Waals surface area (Å²) in [6.07, 6.45) is 10.7. The van der Waals surface area contributed by atoms with Crippen LogP contribution in [0.15, 0.2) is 47.6 Å². The van der Waals surface area contributed by atoms with E-state index >= 15 is 0 Å². The third kappa shape index (κ3) is 14.3. The summed E-state index contributed by atoms with van der Waals surface area (Å²) in [6.45, 7) is 12.7. The van der Waals surface area contributed by atoms with E-state index in [4.69, 9.17) is 23.7 Å². The summed E-state index contributed by atoms with van der Waals surface area (Å²) in [4.78, 5) is 72.1. The molecule has 4 rings (SSSR count). The van der Waals surface area contributed by atoms with E-state index in [1.54, 1.807) is 41.1 Å². The molecule has 65 heavy (non-hydrogen) atoms. The summed E-state index contributed by atoms with van der Waals surface area (Å²) in [6, 6.07) is -1.16. The number of amides is 1. The Morgan fingerprint density at radius 3 is 2.23 bits per heavy atom. The Kier molecular flexibility index (Phi) is 21.0. The van der Waals surface area contributed by atoms with E-state index < -0.39 is 83.9 Å². The van der Waals surface area contributed by atoms with Gasteiger partial charge in [-0.25, -0.2) is 4.79 Å². The molecule has 14 heteroatoms. The number of aliphatic hydroxyl groups is 3. The highest BCUT2D eigenvalue weighted by Crippen LogP contribution is 2.36. The Morgan fingerprint density at radius 2 is 1.55 bits per heavy atom. The van der Waals surface area contributed by atoms with Crippen molar-refractivity contribution in [1.82, 2.24) is 4.90 Å². The Labute approximate surface area is 387 Å². The van der Waals surface area contributed by atoms with Gasteiger partial charge in [-0.15, -0.1) is 0 Å². The van der Waals surface area contributed by atoms with E-state index in [1.807, 2.05) is 58.1 Å². The smallest absolute Gasteiger partial charge is 0.329 e. The summed E-state index contributed by atoms with van der Waals surface area (Å²) in [7, 11) is 4.51. The van der Waals surface area contributed by atoms with Gasteiger partial charge in [0, 0.05) is 58.5 Å². The lowest BCUT2D eigenvalue weighted by atomic mass is 9.78. The fraction of sp³-hybridized carbons (Fsp3) is 0.745. The van der Waals surface area contributed by atoms with Crippen LogP contribution in [0.25, 0.3) is 0 Å². The first kappa shape index (κ1) is 54.2. The molecule has 3 unspecified atom stereocenters. The average Bonchev–Trinajstić information content (AvgIpc) is 3.39. The van der Waals surface area contributed by atoms with Gasteiger partial charge in [0.2, 0.25) is 5.78 Å². The van der Waals surface area contributed by atoms with E-state index in [2.05, 4.69) is 0 Å². The van der Waals surface area contributed by atoms with E-state index in [1.165, 1.54) is 12.0 Å². The maximum absolute atomic E-state index is 14.6. The molecule has 3 fully saturated rings. The van der Waals surface area contributed by atoms with Crippen LogP contribution >= 0.6 is 0 Å². The number of hydrogen-bond acceptors (Lipinski definition) is 13. The van der Waals surface area contributed by atoms with Gasteiger partial charge in [0.05, 0.1) is 24.4 Å². The second-order valence-electron chi connectivity index (χ2n) is 19.6.